The first-order valence-electron chi connectivity index (χ1n) is 5.91. The largest absolute Gasteiger partial charge is 0.387 e. The van der Waals surface area contributed by atoms with E-state index >= 15 is 0 Å². The summed E-state index contributed by atoms with van der Waals surface area (Å²) in [5, 5.41) is 13.1. The van der Waals surface area contributed by atoms with Gasteiger partial charge >= 0.3 is 0 Å². The molecule has 0 saturated carbocycles. The van der Waals surface area contributed by atoms with Crippen LogP contribution in [0.15, 0.2) is 24.3 Å². The van der Waals surface area contributed by atoms with Crippen LogP contribution in [0.1, 0.15) is 25.0 Å². The van der Waals surface area contributed by atoms with E-state index in [-0.39, 0.29) is 19.1 Å². The number of rotatable bonds is 7. The van der Waals surface area contributed by atoms with Gasteiger partial charge in [0.25, 0.3) is 0 Å². The van der Waals surface area contributed by atoms with Gasteiger partial charge in [-0.25, -0.2) is 0 Å². The van der Waals surface area contributed by atoms with Crippen LogP contribution in [0.25, 0.3) is 0 Å². The first kappa shape index (κ1) is 15.0. The van der Waals surface area contributed by atoms with Gasteiger partial charge in [0.2, 0.25) is 5.91 Å². The fourth-order valence-electron chi connectivity index (χ4n) is 1.37. The lowest BCUT2D eigenvalue weighted by Gasteiger charge is -2.12. The third-order valence-corrected chi connectivity index (χ3v) is 2.58. The molecular weight excluding hydrogens is 254 g/mol. The fraction of sp³-hybridized carbons (Fsp3) is 0.462. The van der Waals surface area contributed by atoms with E-state index < -0.39 is 6.10 Å². The van der Waals surface area contributed by atoms with Gasteiger partial charge in [-0.2, -0.15) is 0 Å². The van der Waals surface area contributed by atoms with Gasteiger partial charge in [0.05, 0.1) is 6.10 Å². The minimum Gasteiger partial charge on any atom is -0.387 e. The zero-order valence-corrected chi connectivity index (χ0v) is 11.1. The lowest BCUT2D eigenvalue weighted by Crippen LogP contribution is -2.31. The molecule has 0 fully saturated rings. The van der Waals surface area contributed by atoms with Gasteiger partial charge in [-0.15, -0.1) is 0 Å². The summed E-state index contributed by atoms with van der Waals surface area (Å²) in [4.78, 5) is 11.3. The normalized spacial score (nSPS) is 12.2. The molecule has 1 aromatic rings. The van der Waals surface area contributed by atoms with Crippen LogP contribution in [0.2, 0.25) is 5.02 Å². The Morgan fingerprint density at radius 2 is 2.11 bits per heavy atom. The second kappa shape index (κ2) is 8.08. The van der Waals surface area contributed by atoms with Crippen LogP contribution in [-0.4, -0.2) is 30.8 Å². The van der Waals surface area contributed by atoms with E-state index in [1.807, 2.05) is 6.92 Å². The van der Waals surface area contributed by atoms with Crippen molar-refractivity contribution in [2.24, 2.45) is 0 Å². The number of aliphatic hydroxyl groups is 1. The van der Waals surface area contributed by atoms with Gasteiger partial charge in [-0.1, -0.05) is 30.7 Å². The van der Waals surface area contributed by atoms with Crippen LogP contribution in [0, 0.1) is 0 Å². The molecule has 0 aliphatic carbocycles. The Bertz CT molecular complexity index is 367. The van der Waals surface area contributed by atoms with Gasteiger partial charge in [0, 0.05) is 18.2 Å². The van der Waals surface area contributed by atoms with Crippen molar-refractivity contribution in [3.8, 4) is 0 Å². The molecule has 5 heteroatoms. The van der Waals surface area contributed by atoms with Crippen molar-refractivity contribution in [3.63, 3.8) is 0 Å². The smallest absolute Gasteiger partial charge is 0.246 e. The Morgan fingerprint density at radius 3 is 2.72 bits per heavy atom. The molecule has 0 aromatic heterocycles. The van der Waals surface area contributed by atoms with Gasteiger partial charge in [-0.05, 0) is 24.1 Å². The molecule has 0 aliphatic heterocycles. The highest BCUT2D eigenvalue weighted by Crippen LogP contribution is 2.15. The van der Waals surface area contributed by atoms with E-state index in [9.17, 15) is 9.90 Å². The number of aliphatic hydroxyl groups excluding tert-OH is 1. The van der Waals surface area contributed by atoms with E-state index in [2.05, 4.69) is 5.32 Å². The number of carbonyl (C=O) groups excluding carboxylic acids is 1. The zero-order chi connectivity index (χ0) is 13.4. The summed E-state index contributed by atoms with van der Waals surface area (Å²) >= 11 is 5.75. The van der Waals surface area contributed by atoms with Gasteiger partial charge in [0.15, 0.2) is 0 Å². The third kappa shape index (κ3) is 5.49. The second-order valence-corrected chi connectivity index (χ2v) is 4.36. The summed E-state index contributed by atoms with van der Waals surface area (Å²) < 4.78 is 5.09. The monoisotopic (exact) mass is 271 g/mol. The quantitative estimate of drug-likeness (QED) is 0.745. The molecular formula is C13H18ClNO3. The van der Waals surface area contributed by atoms with Crippen LogP contribution >= 0.6 is 11.6 Å². The van der Waals surface area contributed by atoms with E-state index in [1.54, 1.807) is 24.3 Å². The van der Waals surface area contributed by atoms with Gasteiger partial charge in [0.1, 0.15) is 6.61 Å². The minimum atomic E-state index is -0.739. The van der Waals surface area contributed by atoms with E-state index in [4.69, 9.17) is 16.3 Å². The summed E-state index contributed by atoms with van der Waals surface area (Å²) in [5.41, 5.74) is 0.717. The maximum Gasteiger partial charge on any atom is 0.246 e. The lowest BCUT2D eigenvalue weighted by atomic mass is 10.1. The molecule has 4 nitrogen and oxygen atoms in total. The number of halogens is 1. The van der Waals surface area contributed by atoms with E-state index in [0.29, 0.717) is 17.2 Å². The molecule has 0 radical (unpaired) electrons. The predicted octanol–water partition coefficient (Wildman–Crippen LogP) is 1.92. The molecule has 0 spiro atoms. The van der Waals surface area contributed by atoms with E-state index in [1.165, 1.54) is 0 Å². The van der Waals surface area contributed by atoms with Crippen LogP contribution in [0.5, 0.6) is 0 Å². The molecule has 1 amide bonds. The third-order valence-electron chi connectivity index (χ3n) is 2.33. The van der Waals surface area contributed by atoms with Crippen molar-refractivity contribution >= 4 is 17.5 Å². The van der Waals surface area contributed by atoms with Crippen molar-refractivity contribution in [1.29, 1.82) is 0 Å². The number of hydrogen-bond donors (Lipinski definition) is 2. The zero-order valence-electron chi connectivity index (χ0n) is 10.4. The molecule has 2 N–H and O–H groups in total. The van der Waals surface area contributed by atoms with Crippen molar-refractivity contribution in [2.75, 3.05) is 19.8 Å². The Morgan fingerprint density at radius 1 is 1.44 bits per heavy atom. The Labute approximate surface area is 112 Å². The summed E-state index contributed by atoms with van der Waals surface area (Å²) in [5.74, 6) is -0.225. The second-order valence-electron chi connectivity index (χ2n) is 3.92. The molecule has 1 rings (SSSR count). The Hall–Kier alpha value is -1.10. The summed E-state index contributed by atoms with van der Waals surface area (Å²) in [6, 6.07) is 6.86. The number of nitrogens with one attached hydrogen (secondary N) is 1. The minimum absolute atomic E-state index is 0.0289. The molecule has 1 aromatic carbocycles. The predicted molar refractivity (Wildman–Crippen MR) is 70.5 cm³/mol. The van der Waals surface area contributed by atoms with Crippen LogP contribution < -0.4 is 5.32 Å². The maximum atomic E-state index is 11.3. The highest BCUT2D eigenvalue weighted by atomic mass is 35.5. The molecule has 100 valence electrons. The van der Waals surface area contributed by atoms with Crippen molar-refractivity contribution in [3.05, 3.63) is 34.9 Å². The van der Waals surface area contributed by atoms with Gasteiger partial charge in [-0.3, -0.25) is 4.79 Å². The average Bonchev–Trinajstić information content (AvgIpc) is 2.37. The molecule has 1 unspecified atom stereocenters. The first-order valence-corrected chi connectivity index (χ1v) is 6.29. The number of ether oxygens (including phenoxy) is 1. The summed E-state index contributed by atoms with van der Waals surface area (Å²) in [6.45, 7) is 2.73. The number of benzene rings is 1. The SMILES string of the molecule is CCCOCC(=O)NCC(O)c1ccc(Cl)cc1. The molecule has 0 saturated heterocycles. The highest BCUT2D eigenvalue weighted by Gasteiger charge is 2.09. The number of hydrogen-bond acceptors (Lipinski definition) is 3. The van der Waals surface area contributed by atoms with Crippen LogP contribution in [0.4, 0.5) is 0 Å². The Kier molecular flexibility index (Phi) is 6.72. The van der Waals surface area contributed by atoms with Crippen LogP contribution in [0.3, 0.4) is 0 Å². The molecule has 0 bridgehead atoms. The van der Waals surface area contributed by atoms with Gasteiger partial charge < -0.3 is 15.2 Å². The standard InChI is InChI=1S/C13H18ClNO3/c1-2-7-18-9-13(17)15-8-12(16)10-3-5-11(14)6-4-10/h3-6,12,16H,2,7-9H2,1H3,(H,15,17). The molecule has 1 atom stereocenters. The molecule has 0 heterocycles. The summed E-state index contributed by atoms with van der Waals surface area (Å²) in [7, 11) is 0. The van der Waals surface area contributed by atoms with Crippen molar-refractivity contribution in [2.45, 2.75) is 19.4 Å². The maximum absolute atomic E-state index is 11.3. The van der Waals surface area contributed by atoms with E-state index in [0.717, 1.165) is 6.42 Å². The fourth-order valence-corrected chi connectivity index (χ4v) is 1.50. The van der Waals surface area contributed by atoms with Crippen molar-refractivity contribution < 1.29 is 14.6 Å². The average molecular weight is 272 g/mol. The number of amides is 1. The lowest BCUT2D eigenvalue weighted by molar-refractivity contribution is -0.126. The first-order chi connectivity index (χ1) is 8.63. The Balaban J connectivity index is 2.30. The molecule has 0 aliphatic rings. The van der Waals surface area contributed by atoms with Crippen molar-refractivity contribution in [1.82, 2.24) is 5.32 Å². The molecule has 18 heavy (non-hydrogen) atoms. The highest BCUT2D eigenvalue weighted by molar-refractivity contribution is 6.30. The summed E-state index contributed by atoms with van der Waals surface area (Å²) in [6.07, 6.45) is 0.137. The van der Waals surface area contributed by atoms with Crippen LogP contribution in [-0.2, 0) is 9.53 Å². The number of carbonyl (C=O) groups is 1. The topological polar surface area (TPSA) is 58.6 Å².